The van der Waals surface area contributed by atoms with Crippen LogP contribution < -0.4 is 5.32 Å². The molecule has 122 valence electrons. The van der Waals surface area contributed by atoms with Crippen LogP contribution in [0.15, 0.2) is 59.2 Å². The van der Waals surface area contributed by atoms with Crippen molar-refractivity contribution in [1.82, 2.24) is 20.6 Å². The van der Waals surface area contributed by atoms with Crippen LogP contribution in [0.1, 0.15) is 21.7 Å². The molecule has 25 heavy (non-hydrogen) atoms. The zero-order valence-corrected chi connectivity index (χ0v) is 14.4. The highest BCUT2D eigenvalue weighted by Gasteiger charge is 2.14. The number of benzene rings is 2. The summed E-state index contributed by atoms with van der Waals surface area (Å²) in [6, 6.07) is 16.2. The smallest absolute Gasteiger partial charge is 0.216 e. The fourth-order valence-electron chi connectivity index (χ4n) is 2.15. The number of rotatable bonds is 5. The van der Waals surface area contributed by atoms with Gasteiger partial charge in [-0.15, -0.1) is 10.2 Å². The van der Waals surface area contributed by atoms with E-state index >= 15 is 0 Å². The summed E-state index contributed by atoms with van der Waals surface area (Å²) < 4.78 is 0.778. The quantitative estimate of drug-likeness (QED) is 0.508. The molecule has 0 aliphatic rings. The molecule has 0 bridgehead atoms. The van der Waals surface area contributed by atoms with Crippen LogP contribution in [0.3, 0.4) is 0 Å². The van der Waals surface area contributed by atoms with E-state index in [1.165, 1.54) is 6.20 Å². The molecule has 1 heterocycles. The van der Waals surface area contributed by atoms with E-state index < -0.39 is 0 Å². The number of hydrogen-bond donors (Lipinski definition) is 2. The van der Waals surface area contributed by atoms with E-state index in [0.29, 0.717) is 16.8 Å². The van der Waals surface area contributed by atoms with Crippen LogP contribution in [0, 0.1) is 11.3 Å². The fourth-order valence-corrected chi connectivity index (χ4v) is 2.51. The van der Waals surface area contributed by atoms with Gasteiger partial charge < -0.3 is 5.32 Å². The maximum atomic E-state index is 12.8. The summed E-state index contributed by atoms with van der Waals surface area (Å²) in [6.45, 7) is 0. The van der Waals surface area contributed by atoms with Crippen molar-refractivity contribution in [1.29, 1.82) is 5.26 Å². The number of halogens is 1. The van der Waals surface area contributed by atoms with Crippen molar-refractivity contribution in [2.75, 3.05) is 5.32 Å². The summed E-state index contributed by atoms with van der Waals surface area (Å²) in [4.78, 5) is 12.8. The summed E-state index contributed by atoms with van der Waals surface area (Å²) in [5.41, 5.74) is 1.80. The first-order valence-corrected chi connectivity index (χ1v) is 7.98. The van der Waals surface area contributed by atoms with Crippen molar-refractivity contribution in [3.8, 4) is 6.07 Å². The maximum absolute atomic E-state index is 12.8. The number of nitrogens with zero attached hydrogens (tertiary/aromatic N) is 4. The number of nitriles is 1. The van der Waals surface area contributed by atoms with Gasteiger partial charge in [0.2, 0.25) is 5.82 Å². The Kier molecular flexibility index (Phi) is 4.97. The van der Waals surface area contributed by atoms with Crippen LogP contribution in [0.5, 0.6) is 0 Å². The molecule has 0 aliphatic carbocycles. The third-order valence-corrected chi connectivity index (χ3v) is 3.83. The summed E-state index contributed by atoms with van der Waals surface area (Å²) >= 11 is 3.38. The number of nitrogens with one attached hydrogen (secondary N) is 2. The molecular weight excluding hydrogens is 384 g/mol. The van der Waals surface area contributed by atoms with Crippen LogP contribution in [0.4, 0.5) is 5.69 Å². The lowest BCUT2D eigenvalue weighted by molar-refractivity contribution is 0.103. The van der Waals surface area contributed by atoms with Crippen LogP contribution in [-0.2, 0) is 0 Å². The molecule has 2 aromatic carbocycles. The second kappa shape index (κ2) is 7.51. The molecule has 0 saturated heterocycles. The predicted octanol–water partition coefficient (Wildman–Crippen LogP) is 3.17. The lowest BCUT2D eigenvalue weighted by atomic mass is 10.0. The van der Waals surface area contributed by atoms with E-state index in [-0.39, 0.29) is 17.2 Å². The first-order valence-electron chi connectivity index (χ1n) is 7.19. The Labute approximate surface area is 151 Å². The largest absolute Gasteiger partial charge is 0.360 e. The Balaban J connectivity index is 1.95. The monoisotopic (exact) mass is 394 g/mol. The maximum Gasteiger partial charge on any atom is 0.216 e. The Bertz CT molecular complexity index is 961. The molecule has 8 heteroatoms. The molecule has 0 radical (unpaired) electrons. The minimum atomic E-state index is -0.129. The normalized spacial score (nSPS) is 11.0. The Morgan fingerprint density at radius 3 is 2.72 bits per heavy atom. The molecular formula is C17H11BrN6O. The van der Waals surface area contributed by atoms with Gasteiger partial charge in [-0.3, -0.25) is 4.79 Å². The Morgan fingerprint density at radius 1 is 1.24 bits per heavy atom. The van der Waals surface area contributed by atoms with Gasteiger partial charge in [0.15, 0.2) is 5.78 Å². The SMILES string of the molecule is N#CC(=CNc1ccc(Br)cc1C(=O)c1ccccc1)c1nn[nH]n1. The molecule has 7 nitrogen and oxygen atoms in total. The lowest BCUT2D eigenvalue weighted by Crippen LogP contribution is -2.05. The van der Waals surface area contributed by atoms with Gasteiger partial charge in [-0.05, 0) is 23.4 Å². The number of aromatic nitrogens is 4. The van der Waals surface area contributed by atoms with E-state index in [4.69, 9.17) is 0 Å². The first kappa shape index (κ1) is 16.5. The molecule has 0 saturated carbocycles. The standard InChI is InChI=1S/C17H11BrN6O/c18-13-6-7-15(20-10-12(9-19)17-21-23-24-22-17)14(8-13)16(25)11-4-2-1-3-5-11/h1-8,10,20H,(H,21,22,23,24). The molecule has 0 fully saturated rings. The van der Waals surface area contributed by atoms with Crippen molar-refractivity contribution < 1.29 is 4.79 Å². The molecule has 0 unspecified atom stereocenters. The summed E-state index contributed by atoms with van der Waals surface area (Å²) in [5.74, 6) is 0.0407. The molecule has 2 N–H and O–H groups in total. The number of aromatic amines is 1. The van der Waals surface area contributed by atoms with E-state index in [9.17, 15) is 10.1 Å². The van der Waals surface area contributed by atoms with Gasteiger partial charge in [-0.25, -0.2) is 0 Å². The van der Waals surface area contributed by atoms with Gasteiger partial charge in [-0.1, -0.05) is 46.3 Å². The molecule has 0 aliphatic heterocycles. The molecule has 3 rings (SSSR count). The van der Waals surface area contributed by atoms with E-state index in [1.807, 2.05) is 24.3 Å². The minimum Gasteiger partial charge on any atom is -0.360 e. The lowest BCUT2D eigenvalue weighted by Gasteiger charge is -2.10. The molecule has 1 aromatic heterocycles. The van der Waals surface area contributed by atoms with Gasteiger partial charge in [0, 0.05) is 27.5 Å². The van der Waals surface area contributed by atoms with Gasteiger partial charge in [0.05, 0.1) is 0 Å². The molecule has 0 spiro atoms. The summed E-state index contributed by atoms with van der Waals surface area (Å²) in [6.07, 6.45) is 1.44. The van der Waals surface area contributed by atoms with Gasteiger partial charge in [0.1, 0.15) is 11.6 Å². The van der Waals surface area contributed by atoms with E-state index in [2.05, 4.69) is 41.9 Å². The number of allylic oxidation sites excluding steroid dienone is 1. The van der Waals surface area contributed by atoms with Crippen molar-refractivity contribution in [3.63, 3.8) is 0 Å². The van der Waals surface area contributed by atoms with E-state index in [0.717, 1.165) is 4.47 Å². The minimum absolute atomic E-state index is 0.129. The number of anilines is 1. The number of carbonyl (C=O) groups excluding carboxylic acids is 1. The fraction of sp³-hybridized carbons (Fsp3) is 0. The average molecular weight is 395 g/mol. The van der Waals surface area contributed by atoms with Gasteiger partial charge >= 0.3 is 0 Å². The molecule has 0 amide bonds. The van der Waals surface area contributed by atoms with Crippen LogP contribution in [-0.4, -0.2) is 26.4 Å². The highest BCUT2D eigenvalue weighted by molar-refractivity contribution is 9.10. The average Bonchev–Trinajstić information content (AvgIpc) is 3.18. The van der Waals surface area contributed by atoms with Crippen molar-refractivity contribution in [2.24, 2.45) is 0 Å². The Morgan fingerprint density at radius 2 is 2.04 bits per heavy atom. The molecule has 0 atom stereocenters. The summed E-state index contributed by atoms with van der Waals surface area (Å²) in [5, 5.41) is 25.5. The number of carbonyl (C=O) groups is 1. The third kappa shape index (κ3) is 3.79. The van der Waals surface area contributed by atoms with Crippen LogP contribution in [0.2, 0.25) is 0 Å². The summed E-state index contributed by atoms with van der Waals surface area (Å²) in [7, 11) is 0. The number of hydrogen-bond acceptors (Lipinski definition) is 6. The van der Waals surface area contributed by atoms with Crippen molar-refractivity contribution in [2.45, 2.75) is 0 Å². The topological polar surface area (TPSA) is 107 Å². The zero-order valence-electron chi connectivity index (χ0n) is 12.8. The second-order valence-corrected chi connectivity index (χ2v) is 5.85. The van der Waals surface area contributed by atoms with Crippen molar-refractivity contribution in [3.05, 3.63) is 76.2 Å². The predicted molar refractivity (Wildman–Crippen MR) is 95.4 cm³/mol. The van der Waals surface area contributed by atoms with Crippen LogP contribution in [0.25, 0.3) is 5.57 Å². The zero-order chi connectivity index (χ0) is 17.6. The molecule has 3 aromatic rings. The van der Waals surface area contributed by atoms with Crippen molar-refractivity contribution >= 4 is 33.0 Å². The number of ketones is 1. The second-order valence-electron chi connectivity index (χ2n) is 4.93. The first-order chi connectivity index (χ1) is 12.2. The highest BCUT2D eigenvalue weighted by atomic mass is 79.9. The number of tetrazole rings is 1. The van der Waals surface area contributed by atoms with Gasteiger partial charge in [0.25, 0.3) is 0 Å². The number of H-pyrrole nitrogens is 1. The van der Waals surface area contributed by atoms with Gasteiger partial charge in [-0.2, -0.15) is 10.5 Å². The highest BCUT2D eigenvalue weighted by Crippen LogP contribution is 2.24. The van der Waals surface area contributed by atoms with E-state index in [1.54, 1.807) is 30.3 Å². The Hall–Kier alpha value is -3.31. The third-order valence-electron chi connectivity index (χ3n) is 3.34. The van der Waals surface area contributed by atoms with Crippen LogP contribution >= 0.6 is 15.9 Å².